The SMILES string of the molecule is CC1(CNCCCn2ccnc2)CCCC1. The molecule has 1 fully saturated rings. The minimum absolute atomic E-state index is 0.578. The highest BCUT2D eigenvalue weighted by atomic mass is 15.0. The first-order valence-electron chi connectivity index (χ1n) is 6.45. The number of nitrogens with one attached hydrogen (secondary N) is 1. The Balaban J connectivity index is 1.55. The summed E-state index contributed by atoms with van der Waals surface area (Å²) >= 11 is 0. The van der Waals surface area contributed by atoms with Crippen molar-refractivity contribution in [3.8, 4) is 0 Å². The molecule has 0 bridgehead atoms. The van der Waals surface area contributed by atoms with Crippen LogP contribution in [0.5, 0.6) is 0 Å². The Labute approximate surface area is 98.3 Å². The highest BCUT2D eigenvalue weighted by molar-refractivity contribution is 4.82. The van der Waals surface area contributed by atoms with E-state index in [4.69, 9.17) is 0 Å². The van der Waals surface area contributed by atoms with Crippen LogP contribution in [-0.4, -0.2) is 22.6 Å². The summed E-state index contributed by atoms with van der Waals surface area (Å²) in [5.41, 5.74) is 0.578. The molecular weight excluding hydrogens is 198 g/mol. The third-order valence-electron chi connectivity index (χ3n) is 3.69. The fourth-order valence-corrected chi connectivity index (χ4v) is 2.60. The maximum Gasteiger partial charge on any atom is 0.0945 e. The molecule has 0 amide bonds. The van der Waals surface area contributed by atoms with Gasteiger partial charge in [0.2, 0.25) is 0 Å². The topological polar surface area (TPSA) is 29.9 Å². The minimum Gasteiger partial charge on any atom is -0.337 e. The lowest BCUT2D eigenvalue weighted by Gasteiger charge is -2.23. The summed E-state index contributed by atoms with van der Waals surface area (Å²) in [5.74, 6) is 0. The van der Waals surface area contributed by atoms with Crippen LogP contribution in [0.25, 0.3) is 0 Å². The molecule has 0 aliphatic heterocycles. The van der Waals surface area contributed by atoms with E-state index in [-0.39, 0.29) is 0 Å². The molecule has 1 aromatic heterocycles. The molecule has 0 aromatic carbocycles. The normalized spacial score (nSPS) is 19.1. The molecule has 16 heavy (non-hydrogen) atoms. The Morgan fingerprint density at radius 3 is 2.88 bits per heavy atom. The van der Waals surface area contributed by atoms with Crippen LogP contribution in [0.3, 0.4) is 0 Å². The highest BCUT2D eigenvalue weighted by Crippen LogP contribution is 2.36. The molecule has 0 atom stereocenters. The van der Waals surface area contributed by atoms with Gasteiger partial charge in [0.1, 0.15) is 0 Å². The van der Waals surface area contributed by atoms with Gasteiger partial charge in [0.05, 0.1) is 6.33 Å². The van der Waals surface area contributed by atoms with E-state index in [1.807, 2.05) is 18.7 Å². The minimum atomic E-state index is 0.578. The maximum atomic E-state index is 4.04. The Morgan fingerprint density at radius 2 is 2.19 bits per heavy atom. The molecule has 1 aliphatic rings. The van der Waals surface area contributed by atoms with E-state index >= 15 is 0 Å². The monoisotopic (exact) mass is 221 g/mol. The number of aryl methyl sites for hydroxylation is 1. The van der Waals surface area contributed by atoms with Gasteiger partial charge in [-0.05, 0) is 31.2 Å². The van der Waals surface area contributed by atoms with Gasteiger partial charge < -0.3 is 9.88 Å². The molecule has 0 spiro atoms. The molecule has 3 nitrogen and oxygen atoms in total. The van der Waals surface area contributed by atoms with Crippen molar-refractivity contribution in [3.05, 3.63) is 18.7 Å². The van der Waals surface area contributed by atoms with Crippen LogP contribution in [0.15, 0.2) is 18.7 Å². The van der Waals surface area contributed by atoms with E-state index in [9.17, 15) is 0 Å². The number of aromatic nitrogens is 2. The van der Waals surface area contributed by atoms with Gasteiger partial charge in [-0.1, -0.05) is 19.8 Å². The molecule has 1 N–H and O–H groups in total. The van der Waals surface area contributed by atoms with Crippen LogP contribution in [0.1, 0.15) is 39.0 Å². The number of hydrogen-bond donors (Lipinski definition) is 1. The second kappa shape index (κ2) is 5.48. The third kappa shape index (κ3) is 3.34. The third-order valence-corrected chi connectivity index (χ3v) is 3.69. The second-order valence-corrected chi connectivity index (χ2v) is 5.35. The summed E-state index contributed by atoms with van der Waals surface area (Å²) in [4.78, 5) is 4.04. The zero-order chi connectivity index (χ0) is 11.3. The quantitative estimate of drug-likeness (QED) is 0.748. The zero-order valence-corrected chi connectivity index (χ0v) is 10.3. The summed E-state index contributed by atoms with van der Waals surface area (Å²) in [7, 11) is 0. The van der Waals surface area contributed by atoms with E-state index in [1.165, 1.54) is 38.6 Å². The zero-order valence-electron chi connectivity index (χ0n) is 10.3. The summed E-state index contributed by atoms with van der Waals surface area (Å²) in [6.07, 6.45) is 12.6. The van der Waals surface area contributed by atoms with Crippen molar-refractivity contribution in [2.45, 2.75) is 45.6 Å². The van der Waals surface area contributed by atoms with E-state index in [0.717, 1.165) is 13.1 Å². The first-order valence-corrected chi connectivity index (χ1v) is 6.45. The highest BCUT2D eigenvalue weighted by Gasteiger charge is 2.27. The predicted molar refractivity (Wildman–Crippen MR) is 66.3 cm³/mol. The Morgan fingerprint density at radius 1 is 1.38 bits per heavy atom. The van der Waals surface area contributed by atoms with Crippen molar-refractivity contribution in [3.63, 3.8) is 0 Å². The predicted octanol–water partition coefficient (Wildman–Crippen LogP) is 2.44. The molecule has 90 valence electrons. The molecule has 2 rings (SSSR count). The Bertz CT molecular complexity index is 286. The van der Waals surface area contributed by atoms with Crippen molar-refractivity contribution in [2.24, 2.45) is 5.41 Å². The van der Waals surface area contributed by atoms with Crippen molar-refractivity contribution in [1.82, 2.24) is 14.9 Å². The van der Waals surface area contributed by atoms with Crippen molar-refractivity contribution < 1.29 is 0 Å². The standard InChI is InChI=1S/C13H23N3/c1-13(5-2-3-6-13)11-14-7-4-9-16-10-8-15-12-16/h8,10,12,14H,2-7,9,11H2,1H3. The van der Waals surface area contributed by atoms with Crippen molar-refractivity contribution in [2.75, 3.05) is 13.1 Å². The number of rotatable bonds is 6. The molecular formula is C13H23N3. The van der Waals surface area contributed by atoms with Crippen LogP contribution in [0.4, 0.5) is 0 Å². The average Bonchev–Trinajstić information content (AvgIpc) is 2.89. The molecule has 1 saturated carbocycles. The van der Waals surface area contributed by atoms with Gasteiger partial charge >= 0.3 is 0 Å². The fraction of sp³-hybridized carbons (Fsp3) is 0.769. The molecule has 0 unspecified atom stereocenters. The fourth-order valence-electron chi connectivity index (χ4n) is 2.60. The van der Waals surface area contributed by atoms with E-state index in [0.29, 0.717) is 5.41 Å². The van der Waals surface area contributed by atoms with Crippen LogP contribution >= 0.6 is 0 Å². The van der Waals surface area contributed by atoms with E-state index < -0.39 is 0 Å². The van der Waals surface area contributed by atoms with Gasteiger partial charge in [0, 0.05) is 25.5 Å². The molecule has 3 heteroatoms. The Hall–Kier alpha value is -0.830. The van der Waals surface area contributed by atoms with Gasteiger partial charge in [0.25, 0.3) is 0 Å². The molecule has 0 saturated heterocycles. The van der Waals surface area contributed by atoms with Crippen LogP contribution in [0, 0.1) is 5.41 Å². The lowest BCUT2D eigenvalue weighted by Crippen LogP contribution is -2.30. The smallest absolute Gasteiger partial charge is 0.0945 e. The molecule has 1 aromatic rings. The van der Waals surface area contributed by atoms with Gasteiger partial charge in [0.15, 0.2) is 0 Å². The van der Waals surface area contributed by atoms with Crippen LogP contribution < -0.4 is 5.32 Å². The van der Waals surface area contributed by atoms with Gasteiger partial charge in [-0.2, -0.15) is 0 Å². The molecule has 1 aliphatic carbocycles. The van der Waals surface area contributed by atoms with Gasteiger partial charge in [-0.15, -0.1) is 0 Å². The summed E-state index contributed by atoms with van der Waals surface area (Å²) < 4.78 is 2.14. The first kappa shape index (κ1) is 11.6. The van der Waals surface area contributed by atoms with Crippen molar-refractivity contribution >= 4 is 0 Å². The maximum absolute atomic E-state index is 4.04. The summed E-state index contributed by atoms with van der Waals surface area (Å²) in [6, 6.07) is 0. The lowest BCUT2D eigenvalue weighted by molar-refractivity contribution is 0.314. The largest absolute Gasteiger partial charge is 0.337 e. The van der Waals surface area contributed by atoms with E-state index in [2.05, 4.69) is 21.8 Å². The second-order valence-electron chi connectivity index (χ2n) is 5.35. The summed E-state index contributed by atoms with van der Waals surface area (Å²) in [5, 5.41) is 3.60. The molecule has 0 radical (unpaired) electrons. The lowest BCUT2D eigenvalue weighted by atomic mass is 9.89. The number of nitrogens with zero attached hydrogens (tertiary/aromatic N) is 2. The average molecular weight is 221 g/mol. The first-order chi connectivity index (χ1) is 7.79. The van der Waals surface area contributed by atoms with Crippen LogP contribution in [-0.2, 0) is 6.54 Å². The van der Waals surface area contributed by atoms with Gasteiger partial charge in [-0.25, -0.2) is 4.98 Å². The van der Waals surface area contributed by atoms with Gasteiger partial charge in [-0.3, -0.25) is 0 Å². The van der Waals surface area contributed by atoms with Crippen LogP contribution in [0.2, 0.25) is 0 Å². The number of hydrogen-bond acceptors (Lipinski definition) is 2. The number of imidazole rings is 1. The van der Waals surface area contributed by atoms with Crippen molar-refractivity contribution in [1.29, 1.82) is 0 Å². The summed E-state index contributed by atoms with van der Waals surface area (Å²) in [6.45, 7) is 5.80. The molecule has 1 heterocycles. The van der Waals surface area contributed by atoms with E-state index in [1.54, 1.807) is 0 Å². The Kier molecular flexibility index (Phi) is 3.99.